The lowest BCUT2D eigenvalue weighted by Crippen LogP contribution is -2.43. The third-order valence-electron chi connectivity index (χ3n) is 6.95. The number of hydrogen-bond acceptors (Lipinski definition) is 7. The van der Waals surface area contributed by atoms with Crippen molar-refractivity contribution in [2.24, 2.45) is 0 Å². The SMILES string of the molecule is CCCCCCCCCCCCCCCCCCNC(=O)OCC(COC(=O)CCC[s+]1ccnc1)NC(=O)OC. The Hall–Kier alpha value is -2.36. The smallest absolute Gasteiger partial charge is 0.407 e. The van der Waals surface area contributed by atoms with E-state index in [1.807, 2.05) is 10.9 Å². The lowest BCUT2D eigenvalue weighted by molar-refractivity contribution is -0.144. The number of hydrogen-bond donors (Lipinski definition) is 2. The Morgan fingerprint density at radius 3 is 1.85 bits per heavy atom. The lowest BCUT2D eigenvalue weighted by atomic mass is 10.0. The normalized spacial score (nSPS) is 12.0. The Morgan fingerprint density at radius 1 is 0.756 bits per heavy atom. The highest BCUT2D eigenvalue weighted by molar-refractivity contribution is 7.27. The Morgan fingerprint density at radius 2 is 1.32 bits per heavy atom. The minimum Gasteiger partial charge on any atom is -0.463 e. The molecule has 0 aliphatic heterocycles. The van der Waals surface area contributed by atoms with Crippen LogP contribution in [0.1, 0.15) is 122 Å². The monoisotopic (exact) mass is 598 g/mol. The maximum Gasteiger partial charge on any atom is 0.407 e. The highest BCUT2D eigenvalue weighted by Crippen LogP contribution is 2.18. The Bertz CT molecular complexity index is 778. The van der Waals surface area contributed by atoms with Crippen LogP contribution in [0.4, 0.5) is 9.59 Å². The first-order valence-corrected chi connectivity index (χ1v) is 17.4. The molecule has 0 aromatic carbocycles. The van der Waals surface area contributed by atoms with Crippen molar-refractivity contribution in [2.45, 2.75) is 134 Å². The first-order valence-electron chi connectivity index (χ1n) is 15.8. The molecule has 1 rings (SSSR count). The maximum absolute atomic E-state index is 12.1. The van der Waals surface area contributed by atoms with E-state index < -0.39 is 18.2 Å². The van der Waals surface area contributed by atoms with Crippen LogP contribution in [0.25, 0.3) is 0 Å². The Labute approximate surface area is 250 Å². The number of nitrogens with zero attached hydrogens (tertiary/aromatic N) is 1. The highest BCUT2D eigenvalue weighted by Gasteiger charge is 2.18. The number of rotatable bonds is 26. The van der Waals surface area contributed by atoms with Gasteiger partial charge in [0, 0.05) is 13.0 Å². The molecule has 9 nitrogen and oxygen atoms in total. The lowest BCUT2D eigenvalue weighted by Gasteiger charge is -2.18. The maximum atomic E-state index is 12.1. The van der Waals surface area contributed by atoms with Crippen LogP contribution in [0, 0.1) is 0 Å². The number of aromatic nitrogens is 1. The fourth-order valence-corrected chi connectivity index (χ4v) is 5.72. The summed E-state index contributed by atoms with van der Waals surface area (Å²) < 4.78 is 15.1. The van der Waals surface area contributed by atoms with E-state index in [-0.39, 0.29) is 36.1 Å². The number of esters is 1. The van der Waals surface area contributed by atoms with E-state index >= 15 is 0 Å². The second-order valence-electron chi connectivity index (χ2n) is 10.7. The minimum absolute atomic E-state index is 0.00197. The van der Waals surface area contributed by atoms with Gasteiger partial charge in [0.2, 0.25) is 5.51 Å². The molecule has 0 fully saturated rings. The number of carbonyl (C=O) groups excluding carboxylic acids is 3. The third-order valence-corrected chi connectivity index (χ3v) is 8.57. The molecule has 41 heavy (non-hydrogen) atoms. The van der Waals surface area contributed by atoms with Crippen molar-refractivity contribution in [3.8, 4) is 0 Å². The van der Waals surface area contributed by atoms with Crippen LogP contribution >= 0.6 is 10.5 Å². The van der Waals surface area contributed by atoms with Crippen LogP contribution in [-0.2, 0) is 24.8 Å². The average molecular weight is 599 g/mol. The molecular formula is C31H56N3O6S+. The van der Waals surface area contributed by atoms with E-state index in [1.54, 1.807) is 6.20 Å². The van der Waals surface area contributed by atoms with Crippen molar-refractivity contribution in [3.63, 3.8) is 0 Å². The molecule has 2 N–H and O–H groups in total. The molecule has 0 radical (unpaired) electrons. The van der Waals surface area contributed by atoms with E-state index in [9.17, 15) is 14.4 Å². The van der Waals surface area contributed by atoms with Crippen LogP contribution in [0.5, 0.6) is 0 Å². The first-order chi connectivity index (χ1) is 20.0. The largest absolute Gasteiger partial charge is 0.463 e. The molecule has 0 aliphatic carbocycles. The summed E-state index contributed by atoms with van der Waals surface area (Å²) >= 11 is 0. The molecule has 1 aromatic rings. The molecule has 2 atom stereocenters. The Kier molecular flexibility index (Phi) is 23.7. The number of unbranched alkanes of at least 4 members (excludes halogenated alkanes) is 15. The zero-order valence-corrected chi connectivity index (χ0v) is 26.5. The Balaban J connectivity index is 2.00. The molecule has 1 heterocycles. The van der Waals surface area contributed by atoms with Gasteiger partial charge in [-0.05, 0) is 16.9 Å². The van der Waals surface area contributed by atoms with Gasteiger partial charge in [0.15, 0.2) is 5.38 Å². The fraction of sp³-hybridized carbons (Fsp3) is 0.806. The molecular weight excluding hydrogens is 542 g/mol. The molecule has 236 valence electrons. The number of nitrogens with one attached hydrogen (secondary N) is 2. The van der Waals surface area contributed by atoms with Crippen molar-refractivity contribution >= 4 is 28.6 Å². The van der Waals surface area contributed by atoms with E-state index in [2.05, 4.69) is 27.3 Å². The van der Waals surface area contributed by atoms with Gasteiger partial charge in [-0.2, -0.15) is 0 Å². The number of thiazole rings is 1. The summed E-state index contributed by atoms with van der Waals surface area (Å²) in [5.74, 6) is 0.486. The summed E-state index contributed by atoms with van der Waals surface area (Å²) in [4.78, 5) is 39.8. The second-order valence-corrected chi connectivity index (χ2v) is 12.5. The van der Waals surface area contributed by atoms with E-state index in [4.69, 9.17) is 9.47 Å². The number of alkyl carbamates (subject to hydrolysis) is 2. The summed E-state index contributed by atoms with van der Waals surface area (Å²) in [6.45, 7) is 2.58. The molecule has 0 spiro atoms. The number of carbonyl (C=O) groups is 3. The molecule has 0 bridgehead atoms. The zero-order chi connectivity index (χ0) is 29.8. The van der Waals surface area contributed by atoms with Crippen LogP contribution in [0.3, 0.4) is 0 Å². The van der Waals surface area contributed by atoms with Gasteiger partial charge in [0.05, 0.1) is 19.7 Å². The molecule has 0 saturated carbocycles. The summed E-state index contributed by atoms with van der Waals surface area (Å²) in [7, 11) is 1.24. The van der Waals surface area contributed by atoms with Gasteiger partial charge in [-0.1, -0.05) is 103 Å². The van der Waals surface area contributed by atoms with Crippen LogP contribution in [0.2, 0.25) is 0 Å². The summed E-state index contributed by atoms with van der Waals surface area (Å²) in [5, 5.41) is 7.30. The van der Waals surface area contributed by atoms with Crippen molar-refractivity contribution in [2.75, 3.05) is 26.9 Å². The number of ether oxygens (including phenoxy) is 3. The first kappa shape index (κ1) is 36.7. The van der Waals surface area contributed by atoms with Crippen molar-refractivity contribution in [3.05, 3.63) is 17.1 Å². The topological polar surface area (TPSA) is 116 Å². The number of methoxy groups -OCH3 is 1. The molecule has 10 heteroatoms. The predicted molar refractivity (Wildman–Crippen MR) is 165 cm³/mol. The second kappa shape index (κ2) is 26.5. The molecule has 2 unspecified atom stereocenters. The summed E-state index contributed by atoms with van der Waals surface area (Å²) in [6, 6.07) is -0.695. The molecule has 0 aliphatic rings. The van der Waals surface area contributed by atoms with Gasteiger partial charge in [-0.25, -0.2) is 14.6 Å². The van der Waals surface area contributed by atoms with Crippen molar-refractivity contribution in [1.82, 2.24) is 15.6 Å². The van der Waals surface area contributed by atoms with Gasteiger partial charge < -0.3 is 24.8 Å². The number of aryl methyl sites for hydroxylation is 1. The zero-order valence-electron chi connectivity index (χ0n) is 25.7. The standard InChI is InChI=1S/C31H55N3O6S/c1-3-4-5-6-7-8-9-10-11-12-13-14-15-16-17-18-21-33-30(36)40-26-28(34-31(37)38-2)25-39-29(35)20-19-23-41-24-22-32-27-41/h22,24,27-28H,3-21,23,25-26H2,1-2H3,(H-,33,34,36,37)/p+1. The van der Waals surface area contributed by atoms with Crippen molar-refractivity contribution in [1.29, 1.82) is 0 Å². The molecule has 1 aromatic heterocycles. The number of amides is 2. The average Bonchev–Trinajstić information content (AvgIpc) is 3.49. The quantitative estimate of drug-likeness (QED) is 0.0482. The van der Waals surface area contributed by atoms with Gasteiger partial charge in [-0.3, -0.25) is 4.79 Å². The van der Waals surface area contributed by atoms with Crippen LogP contribution in [0.15, 0.2) is 17.1 Å². The van der Waals surface area contributed by atoms with Crippen LogP contribution < -0.4 is 10.6 Å². The molecule has 2 amide bonds. The summed E-state index contributed by atoms with van der Waals surface area (Å²) in [6.07, 6.45) is 22.3. The van der Waals surface area contributed by atoms with E-state index in [0.717, 1.165) is 18.6 Å². The minimum atomic E-state index is -0.695. The van der Waals surface area contributed by atoms with Gasteiger partial charge in [0.25, 0.3) is 0 Å². The predicted octanol–water partition coefficient (Wildman–Crippen LogP) is 7.87. The summed E-state index contributed by atoms with van der Waals surface area (Å²) in [5.41, 5.74) is 1.88. The van der Waals surface area contributed by atoms with E-state index in [0.29, 0.717) is 13.0 Å². The molecule has 0 saturated heterocycles. The highest BCUT2D eigenvalue weighted by atomic mass is 32.2. The van der Waals surface area contributed by atoms with E-state index in [1.165, 1.54) is 97.0 Å². The fourth-order valence-electron chi connectivity index (χ4n) is 4.48. The van der Waals surface area contributed by atoms with Gasteiger partial charge in [0.1, 0.15) is 25.0 Å². The van der Waals surface area contributed by atoms with Crippen LogP contribution in [-0.4, -0.2) is 56.0 Å². The third kappa shape index (κ3) is 23.0. The van der Waals surface area contributed by atoms with Gasteiger partial charge >= 0.3 is 18.2 Å². The van der Waals surface area contributed by atoms with Gasteiger partial charge in [-0.15, -0.1) is 0 Å². The van der Waals surface area contributed by atoms with Crippen molar-refractivity contribution < 1.29 is 28.6 Å².